The predicted molar refractivity (Wildman–Crippen MR) is 97.6 cm³/mol. The average molecular weight is 445 g/mol. The first-order chi connectivity index (χ1) is 14.2. The lowest BCUT2D eigenvalue weighted by Gasteiger charge is -2.17. The monoisotopic (exact) mass is 445 g/mol. The topological polar surface area (TPSA) is 124 Å². The van der Waals surface area contributed by atoms with E-state index in [0.717, 1.165) is 10.4 Å². The molecule has 0 bridgehead atoms. The lowest BCUT2D eigenvalue weighted by atomic mass is 10.1. The molecule has 2 heterocycles. The van der Waals surface area contributed by atoms with Crippen LogP contribution in [0.3, 0.4) is 0 Å². The van der Waals surface area contributed by atoms with Crippen molar-refractivity contribution in [1.29, 1.82) is 5.26 Å². The summed E-state index contributed by atoms with van der Waals surface area (Å²) < 4.78 is 67.1. The Balaban J connectivity index is 0.000000269. The zero-order valence-electron chi connectivity index (χ0n) is 15.5. The molecule has 0 saturated carbocycles. The van der Waals surface area contributed by atoms with E-state index in [2.05, 4.69) is 9.72 Å². The molecular formula is C18H18F3N3O5S. The van der Waals surface area contributed by atoms with E-state index in [1.165, 1.54) is 30.5 Å². The highest BCUT2D eigenvalue weighted by Gasteiger charge is 2.34. The number of hydrogen-bond acceptors (Lipinski definition) is 7. The van der Waals surface area contributed by atoms with Crippen LogP contribution in [0.4, 0.5) is 13.2 Å². The highest BCUT2D eigenvalue weighted by atomic mass is 32.2. The van der Waals surface area contributed by atoms with E-state index in [1.807, 2.05) is 0 Å². The number of phenolic OH excluding ortho intramolecular Hbond substituents is 1. The van der Waals surface area contributed by atoms with E-state index in [1.54, 1.807) is 6.07 Å². The highest BCUT2D eigenvalue weighted by molar-refractivity contribution is 7.89. The van der Waals surface area contributed by atoms with Gasteiger partial charge < -0.3 is 14.9 Å². The number of alkyl halides is 2. The summed E-state index contributed by atoms with van der Waals surface area (Å²) in [6.45, 7) is -2.87. The number of aliphatic hydroxyl groups excluding tert-OH is 1. The number of phenols is 1. The number of halogens is 3. The fourth-order valence-electron chi connectivity index (χ4n) is 2.64. The van der Waals surface area contributed by atoms with Crippen molar-refractivity contribution in [2.24, 2.45) is 5.92 Å². The number of aromatic hydroxyl groups is 1. The zero-order chi connectivity index (χ0) is 22.3. The Hall–Kier alpha value is -2.88. The molecule has 30 heavy (non-hydrogen) atoms. The Morgan fingerprint density at radius 1 is 1.37 bits per heavy atom. The summed E-state index contributed by atoms with van der Waals surface area (Å²) in [7, 11) is -3.96. The summed E-state index contributed by atoms with van der Waals surface area (Å²) in [5.74, 6) is -1.62. The quantitative estimate of drug-likeness (QED) is 0.722. The minimum absolute atomic E-state index is 0.0576. The van der Waals surface area contributed by atoms with E-state index in [9.17, 15) is 21.6 Å². The third kappa shape index (κ3) is 5.82. The maximum Gasteiger partial charge on any atom is 0.388 e. The maximum absolute atomic E-state index is 12.5. The van der Waals surface area contributed by atoms with Crippen molar-refractivity contribution in [2.45, 2.75) is 17.9 Å². The molecule has 1 aliphatic heterocycles. The Labute approximate surface area is 170 Å². The first-order valence-electron chi connectivity index (χ1n) is 8.58. The van der Waals surface area contributed by atoms with Crippen LogP contribution in [-0.2, 0) is 10.0 Å². The number of nitriles is 1. The Morgan fingerprint density at radius 3 is 2.67 bits per heavy atom. The summed E-state index contributed by atoms with van der Waals surface area (Å²) in [6, 6.07) is 7.54. The Morgan fingerprint density at radius 2 is 2.10 bits per heavy atom. The summed E-state index contributed by atoms with van der Waals surface area (Å²) in [5, 5.41) is 26.0. The van der Waals surface area contributed by atoms with Crippen molar-refractivity contribution < 1.29 is 36.5 Å². The second-order valence-corrected chi connectivity index (χ2v) is 8.07. The van der Waals surface area contributed by atoms with Gasteiger partial charge in [-0.1, -0.05) is 0 Å². The van der Waals surface area contributed by atoms with Gasteiger partial charge in [-0.25, -0.2) is 17.8 Å². The number of aliphatic hydroxyl groups is 1. The summed E-state index contributed by atoms with van der Waals surface area (Å²) in [4.78, 5) is 3.15. The molecule has 0 radical (unpaired) electrons. The molecule has 1 aliphatic rings. The predicted octanol–water partition coefficient (Wildman–Crippen LogP) is 2.09. The van der Waals surface area contributed by atoms with Gasteiger partial charge in [-0.2, -0.15) is 18.3 Å². The van der Waals surface area contributed by atoms with Crippen molar-refractivity contribution >= 4 is 10.0 Å². The maximum atomic E-state index is 12.5. The van der Waals surface area contributed by atoms with Gasteiger partial charge in [0.25, 0.3) is 0 Å². The van der Waals surface area contributed by atoms with Gasteiger partial charge >= 0.3 is 6.61 Å². The van der Waals surface area contributed by atoms with Crippen LogP contribution >= 0.6 is 0 Å². The number of aromatic nitrogens is 1. The Bertz CT molecular complexity index is 1010. The molecule has 2 N–H and O–H groups in total. The Kier molecular flexibility index (Phi) is 7.99. The number of benzene rings is 1. The van der Waals surface area contributed by atoms with Gasteiger partial charge in [0.05, 0.1) is 5.56 Å². The van der Waals surface area contributed by atoms with E-state index < -0.39 is 28.3 Å². The van der Waals surface area contributed by atoms with Gasteiger partial charge in [-0.3, -0.25) is 0 Å². The molecule has 8 nitrogen and oxygen atoms in total. The van der Waals surface area contributed by atoms with Crippen LogP contribution < -0.4 is 4.74 Å². The molecule has 0 spiro atoms. The van der Waals surface area contributed by atoms with Crippen LogP contribution in [0.15, 0.2) is 41.4 Å². The van der Waals surface area contributed by atoms with Crippen LogP contribution in [0, 0.1) is 23.1 Å². The van der Waals surface area contributed by atoms with Gasteiger partial charge in [0.15, 0.2) is 0 Å². The standard InChI is InChI=1S/C11H14F2N2O4S.C7H4FNO/c12-11(13)19-10-9(2-1-4-14-10)20(17,18)15-5-3-8(6-15)7-16;8-7-3-6(10)2-1-5(7)4-9/h1-2,4,8,11,16H,3,5-7H2;1-3,10H. The van der Waals surface area contributed by atoms with Crippen molar-refractivity contribution in [1.82, 2.24) is 9.29 Å². The molecule has 1 aromatic carbocycles. The minimum atomic E-state index is -3.96. The third-order valence-corrected chi connectivity index (χ3v) is 6.01. The molecule has 2 aromatic rings. The van der Waals surface area contributed by atoms with E-state index in [4.69, 9.17) is 15.5 Å². The van der Waals surface area contributed by atoms with E-state index >= 15 is 0 Å². The lowest BCUT2D eigenvalue weighted by molar-refractivity contribution is -0.0549. The molecule has 162 valence electrons. The summed E-state index contributed by atoms with van der Waals surface area (Å²) in [6.07, 6.45) is 1.71. The number of nitrogens with zero attached hydrogens (tertiary/aromatic N) is 3. The lowest BCUT2D eigenvalue weighted by Crippen LogP contribution is -2.30. The fourth-order valence-corrected chi connectivity index (χ4v) is 4.25. The van der Waals surface area contributed by atoms with Gasteiger partial charge in [-0.15, -0.1) is 0 Å². The minimum Gasteiger partial charge on any atom is -0.508 e. The average Bonchev–Trinajstić information content (AvgIpc) is 3.19. The van der Waals surface area contributed by atoms with Crippen molar-refractivity contribution in [3.63, 3.8) is 0 Å². The van der Waals surface area contributed by atoms with Gasteiger partial charge in [0.1, 0.15) is 22.5 Å². The van der Waals surface area contributed by atoms with Crippen LogP contribution in [0.25, 0.3) is 0 Å². The van der Waals surface area contributed by atoms with Crippen LogP contribution in [0.1, 0.15) is 12.0 Å². The first-order valence-corrected chi connectivity index (χ1v) is 10.0. The van der Waals surface area contributed by atoms with Gasteiger partial charge in [0, 0.05) is 32.0 Å². The molecule has 1 saturated heterocycles. The second kappa shape index (κ2) is 10.2. The molecule has 1 unspecified atom stereocenters. The molecule has 0 aliphatic carbocycles. The van der Waals surface area contributed by atoms with Crippen LogP contribution in [0.2, 0.25) is 0 Å². The number of ether oxygens (including phenoxy) is 1. The molecule has 1 fully saturated rings. The second-order valence-electron chi connectivity index (χ2n) is 6.16. The molecular weight excluding hydrogens is 427 g/mol. The zero-order valence-corrected chi connectivity index (χ0v) is 16.3. The van der Waals surface area contributed by atoms with Crippen molar-refractivity contribution in [2.75, 3.05) is 19.7 Å². The summed E-state index contributed by atoms with van der Waals surface area (Å²) >= 11 is 0. The van der Waals surface area contributed by atoms with Gasteiger partial charge in [-0.05, 0) is 36.6 Å². The molecule has 1 atom stereocenters. The highest BCUT2D eigenvalue weighted by Crippen LogP contribution is 2.29. The molecule has 3 rings (SSSR count). The normalized spacial score (nSPS) is 16.6. The number of rotatable bonds is 5. The molecule has 1 aromatic heterocycles. The van der Waals surface area contributed by atoms with E-state index in [0.29, 0.717) is 6.42 Å². The van der Waals surface area contributed by atoms with Crippen LogP contribution in [-0.4, -0.2) is 54.2 Å². The first kappa shape index (κ1) is 23.4. The van der Waals surface area contributed by atoms with Crippen molar-refractivity contribution in [3.05, 3.63) is 47.9 Å². The summed E-state index contributed by atoms with van der Waals surface area (Å²) in [5.41, 5.74) is -0.0576. The number of pyridine rings is 1. The molecule has 0 amide bonds. The SMILES string of the molecule is N#Cc1ccc(O)cc1F.O=S(=O)(c1cccnc1OC(F)F)N1CCC(CO)C1. The van der Waals surface area contributed by atoms with E-state index in [-0.39, 0.29) is 41.8 Å². The number of hydrogen-bond donors (Lipinski definition) is 2. The van der Waals surface area contributed by atoms with Crippen LogP contribution in [0.5, 0.6) is 11.6 Å². The number of sulfonamides is 1. The largest absolute Gasteiger partial charge is 0.508 e. The third-order valence-electron chi connectivity index (χ3n) is 4.13. The van der Waals surface area contributed by atoms with Crippen molar-refractivity contribution in [3.8, 4) is 17.7 Å². The van der Waals surface area contributed by atoms with Gasteiger partial charge in [0.2, 0.25) is 15.9 Å². The fraction of sp³-hybridized carbons (Fsp3) is 0.333. The smallest absolute Gasteiger partial charge is 0.388 e. The molecule has 12 heteroatoms.